The second-order valence-corrected chi connectivity index (χ2v) is 20.0. The van der Waals surface area contributed by atoms with Crippen LogP contribution in [0.2, 0.25) is 0 Å². The molecule has 0 spiro atoms. The van der Waals surface area contributed by atoms with Gasteiger partial charge in [0.1, 0.15) is 0 Å². The Bertz CT molecular complexity index is 3440. The maximum atomic E-state index is 2.52. The smallest absolute Gasteiger partial charge is 0.0714 e. The first-order valence-electron chi connectivity index (χ1n) is 24.1. The van der Waals surface area contributed by atoms with E-state index >= 15 is 0 Å². The van der Waals surface area contributed by atoms with Gasteiger partial charge in [-0.3, -0.25) is 0 Å². The SMILES string of the molecule is CC1(C)c2ccccc2-c2ccc(-c3cccc(N(c4cccc(-c5ccc6c(c5)C(C)(C)c5ccccc5-6)c4)c4cccc5c4-c4ccccc4C5(c4ccccc4)c4ccccc4)c3)cc21. The molecule has 0 radical (unpaired) electrons. The molecule has 10 aromatic carbocycles. The lowest BCUT2D eigenvalue weighted by Gasteiger charge is -2.34. The van der Waals surface area contributed by atoms with Crippen LogP contribution < -0.4 is 4.90 Å². The van der Waals surface area contributed by atoms with Gasteiger partial charge in [-0.25, -0.2) is 0 Å². The minimum absolute atomic E-state index is 0.0937. The number of nitrogens with zero attached hydrogens (tertiary/aromatic N) is 1. The van der Waals surface area contributed by atoms with Crippen LogP contribution in [0, 0.1) is 0 Å². The molecule has 0 saturated carbocycles. The van der Waals surface area contributed by atoms with Crippen molar-refractivity contribution in [2.75, 3.05) is 4.90 Å². The molecule has 3 aliphatic carbocycles. The highest BCUT2D eigenvalue weighted by molar-refractivity contribution is 5.98. The standard InChI is InChI=1S/C67H51N/c1-65(2)57-31-14-11-28-52(57)54-38-36-46(42-61(54)65)44-20-17-26-50(40-44)68(51-27-18-21-45(41-51)47-37-39-55-53-29-12-15-32-58(53)66(3,4)62(55)43-47)63-35-19-34-60-64(63)56-30-13-16-33-59(56)67(60,48-22-7-5-8-23-48)49-24-9-6-10-25-49/h5-43H,1-4H3. The molecule has 0 heterocycles. The van der Waals surface area contributed by atoms with Gasteiger partial charge in [0, 0.05) is 27.8 Å². The van der Waals surface area contributed by atoms with E-state index in [1.54, 1.807) is 0 Å². The molecule has 10 aromatic rings. The Labute approximate surface area is 400 Å². The number of hydrogen-bond acceptors (Lipinski definition) is 1. The summed E-state index contributed by atoms with van der Waals surface area (Å²) >= 11 is 0. The molecule has 0 aliphatic heterocycles. The normalized spacial score (nSPS) is 14.8. The summed E-state index contributed by atoms with van der Waals surface area (Å²) in [6, 6.07) is 88.8. The lowest BCUT2D eigenvalue weighted by atomic mass is 9.68. The van der Waals surface area contributed by atoms with Crippen molar-refractivity contribution in [3.63, 3.8) is 0 Å². The maximum absolute atomic E-state index is 2.52. The van der Waals surface area contributed by atoms with Crippen molar-refractivity contribution in [2.24, 2.45) is 0 Å². The van der Waals surface area contributed by atoms with Crippen LogP contribution in [0.4, 0.5) is 17.1 Å². The quantitative estimate of drug-likeness (QED) is 0.154. The molecule has 0 unspecified atom stereocenters. The Morgan fingerprint density at radius 1 is 0.279 bits per heavy atom. The summed E-state index contributed by atoms with van der Waals surface area (Å²) in [5.41, 5.74) is 26.0. The largest absolute Gasteiger partial charge is 0.310 e. The number of benzene rings is 10. The van der Waals surface area contributed by atoms with Gasteiger partial charge in [0.2, 0.25) is 0 Å². The molecule has 0 bridgehead atoms. The lowest BCUT2D eigenvalue weighted by Crippen LogP contribution is -2.28. The Hall–Kier alpha value is -8.00. The molecular formula is C67H51N. The second-order valence-electron chi connectivity index (χ2n) is 20.0. The summed E-state index contributed by atoms with van der Waals surface area (Å²) in [4.78, 5) is 2.52. The fourth-order valence-electron chi connectivity index (χ4n) is 12.5. The molecule has 0 saturated heterocycles. The van der Waals surface area contributed by atoms with E-state index in [4.69, 9.17) is 0 Å². The van der Waals surface area contributed by atoms with Crippen molar-refractivity contribution in [3.8, 4) is 55.6 Å². The fourth-order valence-corrected chi connectivity index (χ4v) is 12.5. The topological polar surface area (TPSA) is 3.24 Å². The number of rotatable bonds is 7. The molecule has 0 aromatic heterocycles. The van der Waals surface area contributed by atoms with E-state index in [0.717, 1.165) is 17.1 Å². The minimum atomic E-state index is -0.524. The van der Waals surface area contributed by atoms with Gasteiger partial charge in [0.15, 0.2) is 0 Å². The van der Waals surface area contributed by atoms with Gasteiger partial charge in [0.25, 0.3) is 0 Å². The van der Waals surface area contributed by atoms with Crippen LogP contribution in [0.15, 0.2) is 237 Å². The van der Waals surface area contributed by atoms with Crippen molar-refractivity contribution in [2.45, 2.75) is 43.9 Å². The molecule has 324 valence electrons. The number of fused-ring (bicyclic) bond motifs is 9. The van der Waals surface area contributed by atoms with Gasteiger partial charge in [-0.05, 0) is 137 Å². The highest BCUT2D eigenvalue weighted by Crippen LogP contribution is 2.60. The van der Waals surface area contributed by atoms with Gasteiger partial charge in [-0.1, -0.05) is 222 Å². The van der Waals surface area contributed by atoms with E-state index in [2.05, 4.69) is 269 Å². The van der Waals surface area contributed by atoms with Gasteiger partial charge in [-0.15, -0.1) is 0 Å². The fraction of sp³-hybridized carbons (Fsp3) is 0.104. The Morgan fingerprint density at radius 3 is 1.19 bits per heavy atom. The van der Waals surface area contributed by atoms with Gasteiger partial charge in [0.05, 0.1) is 11.1 Å². The average Bonchev–Trinajstić information content (AvgIpc) is 3.92. The van der Waals surface area contributed by atoms with E-state index in [0.29, 0.717) is 0 Å². The first kappa shape index (κ1) is 40.3. The van der Waals surface area contributed by atoms with Gasteiger partial charge < -0.3 is 4.90 Å². The van der Waals surface area contributed by atoms with Crippen LogP contribution in [-0.4, -0.2) is 0 Å². The van der Waals surface area contributed by atoms with Crippen molar-refractivity contribution in [3.05, 3.63) is 281 Å². The first-order valence-corrected chi connectivity index (χ1v) is 24.1. The third-order valence-corrected chi connectivity index (χ3v) is 15.7. The minimum Gasteiger partial charge on any atom is -0.310 e. The zero-order chi connectivity index (χ0) is 45.8. The van der Waals surface area contributed by atoms with Gasteiger partial charge in [-0.2, -0.15) is 0 Å². The molecular weight excluding hydrogens is 819 g/mol. The Morgan fingerprint density at radius 2 is 0.676 bits per heavy atom. The summed E-state index contributed by atoms with van der Waals surface area (Å²) in [6.45, 7) is 9.47. The molecule has 0 fully saturated rings. The summed E-state index contributed by atoms with van der Waals surface area (Å²) < 4.78 is 0. The van der Waals surface area contributed by atoms with Gasteiger partial charge >= 0.3 is 0 Å². The van der Waals surface area contributed by atoms with E-state index in [1.807, 2.05) is 0 Å². The van der Waals surface area contributed by atoms with Crippen molar-refractivity contribution in [1.82, 2.24) is 0 Å². The highest BCUT2D eigenvalue weighted by atomic mass is 15.1. The van der Waals surface area contributed by atoms with E-state index in [-0.39, 0.29) is 10.8 Å². The maximum Gasteiger partial charge on any atom is 0.0714 e. The van der Waals surface area contributed by atoms with Crippen LogP contribution in [0.25, 0.3) is 55.6 Å². The average molecular weight is 870 g/mol. The second kappa shape index (κ2) is 15.0. The monoisotopic (exact) mass is 869 g/mol. The summed E-state index contributed by atoms with van der Waals surface area (Å²) in [7, 11) is 0. The van der Waals surface area contributed by atoms with Crippen LogP contribution in [0.5, 0.6) is 0 Å². The Kier molecular flexibility index (Phi) is 8.89. The zero-order valence-corrected chi connectivity index (χ0v) is 39.0. The van der Waals surface area contributed by atoms with Crippen LogP contribution in [0.1, 0.15) is 72.2 Å². The lowest BCUT2D eigenvalue weighted by molar-refractivity contribution is 0.660. The molecule has 0 N–H and O–H groups in total. The van der Waals surface area contributed by atoms with Crippen molar-refractivity contribution in [1.29, 1.82) is 0 Å². The first-order chi connectivity index (χ1) is 33.2. The van der Waals surface area contributed by atoms with Crippen molar-refractivity contribution >= 4 is 17.1 Å². The van der Waals surface area contributed by atoms with Crippen LogP contribution in [0.3, 0.4) is 0 Å². The summed E-state index contributed by atoms with van der Waals surface area (Å²) in [6.07, 6.45) is 0. The molecule has 3 aliphatic rings. The zero-order valence-electron chi connectivity index (χ0n) is 39.0. The predicted octanol–water partition coefficient (Wildman–Crippen LogP) is 17.5. The third-order valence-electron chi connectivity index (χ3n) is 15.7. The molecule has 1 nitrogen and oxygen atoms in total. The molecule has 68 heavy (non-hydrogen) atoms. The van der Waals surface area contributed by atoms with E-state index in [1.165, 1.54) is 100 Å². The number of hydrogen-bond donors (Lipinski definition) is 0. The van der Waals surface area contributed by atoms with Crippen molar-refractivity contribution < 1.29 is 0 Å². The van der Waals surface area contributed by atoms with Crippen LogP contribution >= 0.6 is 0 Å². The molecule has 0 amide bonds. The van der Waals surface area contributed by atoms with Crippen LogP contribution in [-0.2, 0) is 16.2 Å². The highest BCUT2D eigenvalue weighted by Gasteiger charge is 2.47. The molecule has 13 rings (SSSR count). The molecule has 0 atom stereocenters. The Balaban J connectivity index is 1.03. The molecule has 1 heteroatoms. The summed E-state index contributed by atoms with van der Waals surface area (Å²) in [5, 5.41) is 0. The predicted molar refractivity (Wildman–Crippen MR) is 284 cm³/mol. The van der Waals surface area contributed by atoms with E-state index < -0.39 is 5.41 Å². The summed E-state index contributed by atoms with van der Waals surface area (Å²) in [5.74, 6) is 0. The van der Waals surface area contributed by atoms with E-state index in [9.17, 15) is 0 Å². The third kappa shape index (κ3) is 5.75. The number of anilines is 3.